The van der Waals surface area contributed by atoms with E-state index in [1.165, 1.54) is 5.56 Å². The predicted molar refractivity (Wildman–Crippen MR) is 91.3 cm³/mol. The summed E-state index contributed by atoms with van der Waals surface area (Å²) in [6.07, 6.45) is 2.06. The lowest BCUT2D eigenvalue weighted by atomic mass is 10.0. The number of carbonyl (C=O) groups excluding carboxylic acids is 1. The van der Waals surface area contributed by atoms with Crippen LogP contribution in [0.5, 0.6) is 0 Å². The van der Waals surface area contributed by atoms with E-state index in [9.17, 15) is 4.79 Å². The van der Waals surface area contributed by atoms with Crippen molar-refractivity contribution in [2.24, 2.45) is 10.9 Å². The molecule has 1 aromatic carbocycles. The minimum absolute atomic E-state index is 0.0830. The van der Waals surface area contributed by atoms with E-state index in [1.54, 1.807) is 7.05 Å². The van der Waals surface area contributed by atoms with Crippen molar-refractivity contribution in [2.45, 2.75) is 26.7 Å². The molecule has 0 fully saturated rings. The van der Waals surface area contributed by atoms with Crippen molar-refractivity contribution in [1.82, 2.24) is 10.6 Å². The Labute approximate surface area is 132 Å². The molecule has 1 amide bonds. The molecule has 0 saturated carbocycles. The van der Waals surface area contributed by atoms with Crippen LogP contribution in [-0.2, 0) is 11.2 Å². The normalized spacial score (nSPS) is 14.7. The lowest BCUT2D eigenvalue weighted by molar-refractivity contribution is -0.117. The first-order valence-corrected chi connectivity index (χ1v) is 7.94. The van der Waals surface area contributed by atoms with E-state index in [4.69, 9.17) is 0 Å². The molecule has 0 unspecified atom stereocenters. The van der Waals surface area contributed by atoms with Gasteiger partial charge in [-0.25, -0.2) is 0 Å². The maximum atomic E-state index is 12.5. The van der Waals surface area contributed by atoms with Crippen LogP contribution < -0.4 is 15.5 Å². The van der Waals surface area contributed by atoms with Crippen LogP contribution in [-0.4, -0.2) is 38.5 Å². The van der Waals surface area contributed by atoms with Gasteiger partial charge in [-0.3, -0.25) is 9.79 Å². The molecule has 1 heterocycles. The third-order valence-electron chi connectivity index (χ3n) is 3.72. The molecule has 0 bridgehead atoms. The largest absolute Gasteiger partial charge is 0.356 e. The Balaban J connectivity index is 1.93. The molecule has 0 radical (unpaired) electrons. The van der Waals surface area contributed by atoms with Gasteiger partial charge in [0.05, 0.1) is 6.54 Å². The highest BCUT2D eigenvalue weighted by molar-refractivity contribution is 5.98. The Kier molecular flexibility index (Phi) is 5.81. The maximum absolute atomic E-state index is 12.5. The summed E-state index contributed by atoms with van der Waals surface area (Å²) in [5.74, 6) is 1.29. The van der Waals surface area contributed by atoms with E-state index in [0.29, 0.717) is 11.9 Å². The zero-order chi connectivity index (χ0) is 15.9. The van der Waals surface area contributed by atoms with Gasteiger partial charge in [0, 0.05) is 25.8 Å². The lowest BCUT2D eigenvalue weighted by Gasteiger charge is -2.29. The summed E-state index contributed by atoms with van der Waals surface area (Å²) in [5, 5.41) is 6.31. The monoisotopic (exact) mass is 302 g/mol. The first-order valence-electron chi connectivity index (χ1n) is 7.94. The molecule has 1 aromatic rings. The molecule has 1 aliphatic rings. The number of carbonyl (C=O) groups is 1. The first kappa shape index (κ1) is 16.3. The molecular weight excluding hydrogens is 276 g/mol. The van der Waals surface area contributed by atoms with E-state index >= 15 is 0 Å². The smallest absolute Gasteiger partial charge is 0.246 e. The highest BCUT2D eigenvalue weighted by Crippen LogP contribution is 2.26. The van der Waals surface area contributed by atoms with Crippen LogP contribution >= 0.6 is 0 Å². The van der Waals surface area contributed by atoms with Crippen LogP contribution in [0.3, 0.4) is 0 Å². The van der Waals surface area contributed by atoms with Gasteiger partial charge >= 0.3 is 0 Å². The average molecular weight is 302 g/mol. The van der Waals surface area contributed by atoms with Gasteiger partial charge in [-0.05, 0) is 30.4 Å². The fourth-order valence-corrected chi connectivity index (χ4v) is 2.57. The fourth-order valence-electron chi connectivity index (χ4n) is 2.57. The molecule has 22 heavy (non-hydrogen) atoms. The van der Waals surface area contributed by atoms with Crippen molar-refractivity contribution in [3.63, 3.8) is 0 Å². The highest BCUT2D eigenvalue weighted by Gasteiger charge is 2.21. The number of anilines is 1. The molecule has 120 valence electrons. The van der Waals surface area contributed by atoms with E-state index < -0.39 is 0 Å². The van der Waals surface area contributed by atoms with Gasteiger partial charge in [-0.1, -0.05) is 32.0 Å². The first-order chi connectivity index (χ1) is 10.6. The van der Waals surface area contributed by atoms with Crippen molar-refractivity contribution in [2.75, 3.05) is 31.6 Å². The molecule has 1 aliphatic heterocycles. The molecule has 0 atom stereocenters. The number of aryl methyl sites for hydroxylation is 1. The molecule has 5 nitrogen and oxygen atoms in total. The van der Waals surface area contributed by atoms with Gasteiger partial charge < -0.3 is 15.5 Å². The third-order valence-corrected chi connectivity index (χ3v) is 3.72. The summed E-state index contributed by atoms with van der Waals surface area (Å²) < 4.78 is 0. The van der Waals surface area contributed by atoms with Crippen LogP contribution in [0.4, 0.5) is 5.69 Å². The third kappa shape index (κ3) is 4.23. The van der Waals surface area contributed by atoms with Crippen molar-refractivity contribution >= 4 is 17.6 Å². The van der Waals surface area contributed by atoms with Crippen LogP contribution in [0.25, 0.3) is 0 Å². The fraction of sp³-hybridized carbons (Fsp3) is 0.529. The van der Waals surface area contributed by atoms with Gasteiger partial charge in [-0.2, -0.15) is 0 Å². The standard InChI is InChI=1S/C17H26N4O/c1-13(2)11-19-17(18-3)20-12-16(22)21-10-6-8-14-7-4-5-9-15(14)21/h4-5,7,9,13H,6,8,10-12H2,1-3H3,(H2,18,19,20). The van der Waals surface area contributed by atoms with Gasteiger partial charge in [0.15, 0.2) is 5.96 Å². The summed E-state index contributed by atoms with van der Waals surface area (Å²) in [4.78, 5) is 18.5. The number of aliphatic imine (C=N–C) groups is 1. The van der Waals surface area contributed by atoms with Gasteiger partial charge in [0.1, 0.15) is 0 Å². The number of hydrogen-bond donors (Lipinski definition) is 2. The quantitative estimate of drug-likeness (QED) is 0.658. The maximum Gasteiger partial charge on any atom is 0.246 e. The number of nitrogens with zero attached hydrogens (tertiary/aromatic N) is 2. The Morgan fingerprint density at radius 2 is 2.09 bits per heavy atom. The topological polar surface area (TPSA) is 56.7 Å². The number of hydrogen-bond acceptors (Lipinski definition) is 2. The summed E-state index contributed by atoms with van der Waals surface area (Å²) in [5.41, 5.74) is 2.30. The zero-order valence-electron chi connectivity index (χ0n) is 13.7. The molecule has 2 rings (SSSR count). The minimum atomic E-state index is 0.0830. The zero-order valence-corrected chi connectivity index (χ0v) is 13.7. The molecule has 2 N–H and O–H groups in total. The second-order valence-corrected chi connectivity index (χ2v) is 5.98. The highest BCUT2D eigenvalue weighted by atomic mass is 16.2. The molecule has 5 heteroatoms. The molecule has 0 saturated heterocycles. The van der Waals surface area contributed by atoms with Gasteiger partial charge in [0.25, 0.3) is 0 Å². The number of para-hydroxylation sites is 1. The predicted octanol–water partition coefficient (Wildman–Crippen LogP) is 1.79. The van der Waals surface area contributed by atoms with Crippen LogP contribution in [0.15, 0.2) is 29.3 Å². The summed E-state index contributed by atoms with van der Waals surface area (Å²) in [6.45, 7) is 6.15. The van der Waals surface area contributed by atoms with E-state index in [1.807, 2.05) is 23.1 Å². The molecule has 0 spiro atoms. The number of nitrogens with one attached hydrogen (secondary N) is 2. The number of rotatable bonds is 4. The number of fused-ring (bicyclic) bond motifs is 1. The summed E-state index contributed by atoms with van der Waals surface area (Å²) in [6, 6.07) is 8.15. The SMILES string of the molecule is CN=C(NCC(=O)N1CCCc2ccccc21)NCC(C)C. The van der Waals surface area contributed by atoms with Crippen molar-refractivity contribution in [3.8, 4) is 0 Å². The van der Waals surface area contributed by atoms with Crippen molar-refractivity contribution in [1.29, 1.82) is 0 Å². The average Bonchev–Trinajstić information content (AvgIpc) is 2.54. The van der Waals surface area contributed by atoms with Gasteiger partial charge in [0.2, 0.25) is 5.91 Å². The minimum Gasteiger partial charge on any atom is -0.356 e. The van der Waals surface area contributed by atoms with Crippen LogP contribution in [0.1, 0.15) is 25.8 Å². The Bertz CT molecular complexity index is 539. The van der Waals surface area contributed by atoms with Crippen LogP contribution in [0.2, 0.25) is 0 Å². The Morgan fingerprint density at radius 3 is 2.82 bits per heavy atom. The summed E-state index contributed by atoms with van der Waals surface area (Å²) >= 11 is 0. The van der Waals surface area contributed by atoms with Crippen molar-refractivity contribution < 1.29 is 4.79 Å². The summed E-state index contributed by atoms with van der Waals surface area (Å²) in [7, 11) is 1.72. The van der Waals surface area contributed by atoms with Gasteiger partial charge in [-0.15, -0.1) is 0 Å². The second kappa shape index (κ2) is 7.82. The van der Waals surface area contributed by atoms with E-state index in [0.717, 1.165) is 31.6 Å². The second-order valence-electron chi connectivity index (χ2n) is 5.98. The lowest BCUT2D eigenvalue weighted by Crippen LogP contribution is -2.46. The molecular formula is C17H26N4O. The van der Waals surface area contributed by atoms with Crippen molar-refractivity contribution in [3.05, 3.63) is 29.8 Å². The number of benzene rings is 1. The number of guanidine groups is 1. The molecule has 0 aliphatic carbocycles. The van der Waals surface area contributed by atoms with E-state index in [2.05, 4.69) is 35.5 Å². The van der Waals surface area contributed by atoms with Crippen LogP contribution in [0, 0.1) is 5.92 Å². The number of amides is 1. The Morgan fingerprint density at radius 1 is 1.32 bits per heavy atom. The Hall–Kier alpha value is -2.04. The molecule has 0 aromatic heterocycles. The van der Waals surface area contributed by atoms with E-state index in [-0.39, 0.29) is 12.5 Å².